The Hall–Kier alpha value is -3.62. The van der Waals surface area contributed by atoms with Crippen molar-refractivity contribution in [2.45, 2.75) is 25.7 Å². The smallest absolute Gasteiger partial charge is 0.328 e. The van der Waals surface area contributed by atoms with E-state index < -0.39 is 17.9 Å². The van der Waals surface area contributed by atoms with Crippen molar-refractivity contribution < 1.29 is 23.8 Å². The van der Waals surface area contributed by atoms with Crippen molar-refractivity contribution in [3.8, 4) is 11.5 Å². The minimum absolute atomic E-state index is 0.203. The van der Waals surface area contributed by atoms with E-state index in [0.717, 1.165) is 25.6 Å². The van der Waals surface area contributed by atoms with Gasteiger partial charge in [-0.25, -0.2) is 4.79 Å². The Morgan fingerprint density at radius 3 is 1.85 bits per heavy atom. The Morgan fingerprint density at radius 2 is 1.28 bits per heavy atom. The molecule has 1 atom stereocenters. The fourth-order valence-corrected chi connectivity index (χ4v) is 5.17. The van der Waals surface area contributed by atoms with Gasteiger partial charge in [0.15, 0.2) is 11.5 Å². The first-order valence-corrected chi connectivity index (χ1v) is 13.8. The Morgan fingerprint density at radius 1 is 0.718 bits per heavy atom. The maximum Gasteiger partial charge on any atom is 0.328 e. The van der Waals surface area contributed by atoms with E-state index in [-0.39, 0.29) is 6.42 Å². The quantitative estimate of drug-likeness (QED) is 0.179. The van der Waals surface area contributed by atoms with Crippen LogP contribution in [-0.4, -0.2) is 25.0 Å². The molecule has 4 aromatic carbocycles. The molecule has 6 nitrogen and oxygen atoms in total. The second kappa shape index (κ2) is 14.0. The zero-order chi connectivity index (χ0) is 27.6. The average Bonchev–Trinajstić information content (AvgIpc) is 2.95. The van der Waals surface area contributed by atoms with E-state index in [1.807, 2.05) is 84.9 Å². The number of amides is 1. The molecule has 1 N–H and O–H groups in total. The van der Waals surface area contributed by atoms with Crippen molar-refractivity contribution >= 4 is 43.7 Å². The second-order valence-corrected chi connectivity index (χ2v) is 10.6. The number of carbonyl (C=O) groups is 2. The molecule has 0 saturated carbocycles. The lowest BCUT2D eigenvalue weighted by Gasteiger charge is -2.19. The van der Waals surface area contributed by atoms with Gasteiger partial charge in [-0.2, -0.15) is 0 Å². The maximum absolute atomic E-state index is 13.0. The standard InChI is InChI=1S/C31H27Br2NO5/c1-37-31(36)27(34-30(35)24-16-25(32)18-26(33)17-24)14-23-12-13-28(38-19-21-8-4-2-5-9-21)29(15-23)39-20-22-10-6-3-7-11-22/h2-13,15-18,27H,14,19-20H2,1H3,(H,34,35)/t27-/m1/s1. The first-order chi connectivity index (χ1) is 18.9. The van der Waals surface area contributed by atoms with Crippen molar-refractivity contribution in [3.63, 3.8) is 0 Å². The monoisotopic (exact) mass is 651 g/mol. The van der Waals surface area contributed by atoms with Gasteiger partial charge in [-0.1, -0.05) is 98.6 Å². The first kappa shape index (κ1) is 28.4. The molecule has 8 heteroatoms. The highest BCUT2D eigenvalue weighted by Crippen LogP contribution is 2.31. The molecular weight excluding hydrogens is 626 g/mol. The van der Waals surface area contributed by atoms with Crippen LogP contribution in [0.2, 0.25) is 0 Å². The molecule has 1 amide bonds. The van der Waals surface area contributed by atoms with Gasteiger partial charge in [-0.3, -0.25) is 4.79 Å². The van der Waals surface area contributed by atoms with Crippen LogP contribution in [0.5, 0.6) is 11.5 Å². The highest BCUT2D eigenvalue weighted by molar-refractivity contribution is 9.11. The number of rotatable bonds is 11. The second-order valence-electron chi connectivity index (χ2n) is 8.74. The van der Waals surface area contributed by atoms with Gasteiger partial charge < -0.3 is 19.5 Å². The van der Waals surface area contributed by atoms with Gasteiger partial charge in [0.2, 0.25) is 0 Å². The van der Waals surface area contributed by atoms with Crippen molar-refractivity contribution in [2.75, 3.05) is 7.11 Å². The summed E-state index contributed by atoms with van der Waals surface area (Å²) in [4.78, 5) is 25.6. The van der Waals surface area contributed by atoms with Crippen LogP contribution in [0.3, 0.4) is 0 Å². The lowest BCUT2D eigenvalue weighted by atomic mass is 10.0. The van der Waals surface area contributed by atoms with E-state index in [2.05, 4.69) is 37.2 Å². The van der Waals surface area contributed by atoms with Crippen molar-refractivity contribution in [1.29, 1.82) is 0 Å². The minimum Gasteiger partial charge on any atom is -0.485 e. The lowest BCUT2D eigenvalue weighted by Crippen LogP contribution is -2.43. The fourth-order valence-electron chi connectivity index (χ4n) is 3.88. The summed E-state index contributed by atoms with van der Waals surface area (Å²) in [5, 5.41) is 2.80. The molecule has 0 spiro atoms. The van der Waals surface area contributed by atoms with Crippen LogP contribution < -0.4 is 14.8 Å². The molecule has 4 aromatic rings. The summed E-state index contributed by atoms with van der Waals surface area (Å²) in [5.41, 5.74) is 3.22. The molecule has 0 radical (unpaired) electrons. The number of ether oxygens (including phenoxy) is 3. The number of nitrogens with one attached hydrogen (secondary N) is 1. The summed E-state index contributed by atoms with van der Waals surface area (Å²) in [7, 11) is 1.30. The van der Waals surface area contributed by atoms with Crippen molar-refractivity contribution in [3.05, 3.63) is 128 Å². The molecule has 200 valence electrons. The molecule has 0 aliphatic carbocycles. The highest BCUT2D eigenvalue weighted by atomic mass is 79.9. The van der Waals surface area contributed by atoms with Crippen LogP contribution in [0.15, 0.2) is 106 Å². The van der Waals surface area contributed by atoms with E-state index in [0.29, 0.717) is 30.3 Å². The lowest BCUT2D eigenvalue weighted by molar-refractivity contribution is -0.142. The van der Waals surface area contributed by atoms with Gasteiger partial charge in [0.1, 0.15) is 19.3 Å². The molecule has 0 fully saturated rings. The van der Waals surface area contributed by atoms with Gasteiger partial charge >= 0.3 is 5.97 Å². The summed E-state index contributed by atoms with van der Waals surface area (Å²) in [6.07, 6.45) is 0.203. The molecule has 4 rings (SSSR count). The van der Waals surface area contributed by atoms with E-state index in [1.165, 1.54) is 7.11 Å². The molecule has 0 aliphatic rings. The number of hydrogen-bond donors (Lipinski definition) is 1. The van der Waals surface area contributed by atoms with E-state index >= 15 is 0 Å². The van der Waals surface area contributed by atoms with Gasteiger partial charge in [-0.05, 0) is 47.0 Å². The zero-order valence-electron chi connectivity index (χ0n) is 21.2. The summed E-state index contributed by atoms with van der Waals surface area (Å²) >= 11 is 6.78. The van der Waals surface area contributed by atoms with Gasteiger partial charge in [0.05, 0.1) is 7.11 Å². The van der Waals surface area contributed by atoms with Crippen LogP contribution in [-0.2, 0) is 29.2 Å². The Balaban J connectivity index is 1.54. The predicted molar refractivity (Wildman–Crippen MR) is 157 cm³/mol. The topological polar surface area (TPSA) is 73.9 Å². The summed E-state index contributed by atoms with van der Waals surface area (Å²) in [6.45, 7) is 0.728. The average molecular weight is 653 g/mol. The molecular formula is C31H27Br2NO5. The number of esters is 1. The molecule has 0 bridgehead atoms. The van der Waals surface area contributed by atoms with E-state index in [4.69, 9.17) is 14.2 Å². The number of halogens is 2. The van der Waals surface area contributed by atoms with Crippen molar-refractivity contribution in [1.82, 2.24) is 5.32 Å². The predicted octanol–water partition coefficient (Wildman–Crippen LogP) is 6.88. The number of hydrogen-bond acceptors (Lipinski definition) is 5. The highest BCUT2D eigenvalue weighted by Gasteiger charge is 2.24. The molecule has 0 heterocycles. The summed E-state index contributed by atoms with van der Waals surface area (Å²) < 4.78 is 18.7. The number of benzene rings is 4. The summed E-state index contributed by atoms with van der Waals surface area (Å²) in [5.74, 6) is 0.179. The van der Waals surface area contributed by atoms with Crippen molar-refractivity contribution in [2.24, 2.45) is 0 Å². The van der Waals surface area contributed by atoms with Gasteiger partial charge in [-0.15, -0.1) is 0 Å². The normalized spacial score (nSPS) is 11.4. The van der Waals surface area contributed by atoms with Crippen LogP contribution >= 0.6 is 31.9 Å². The van der Waals surface area contributed by atoms with Crippen LogP contribution in [0.1, 0.15) is 27.0 Å². The van der Waals surface area contributed by atoms with E-state index in [9.17, 15) is 9.59 Å². The summed E-state index contributed by atoms with van der Waals surface area (Å²) in [6, 6.07) is 29.5. The number of carbonyl (C=O) groups excluding carboxylic acids is 2. The SMILES string of the molecule is COC(=O)[C@@H](Cc1ccc(OCc2ccccc2)c(OCc2ccccc2)c1)NC(=O)c1cc(Br)cc(Br)c1. The third-order valence-electron chi connectivity index (χ3n) is 5.84. The minimum atomic E-state index is -0.904. The van der Waals surface area contributed by atoms with Crippen LogP contribution in [0.4, 0.5) is 0 Å². The largest absolute Gasteiger partial charge is 0.485 e. The molecule has 0 saturated heterocycles. The van der Waals surface area contributed by atoms with E-state index in [1.54, 1.807) is 12.1 Å². The third-order valence-corrected chi connectivity index (χ3v) is 6.75. The van der Waals surface area contributed by atoms with Gasteiger partial charge in [0.25, 0.3) is 5.91 Å². The zero-order valence-corrected chi connectivity index (χ0v) is 24.4. The number of methoxy groups -OCH3 is 1. The first-order valence-electron chi connectivity index (χ1n) is 12.2. The fraction of sp³-hybridized carbons (Fsp3) is 0.161. The molecule has 0 unspecified atom stereocenters. The maximum atomic E-state index is 13.0. The van der Waals surface area contributed by atoms with Crippen LogP contribution in [0, 0.1) is 0 Å². The van der Waals surface area contributed by atoms with Gasteiger partial charge in [0, 0.05) is 20.9 Å². The Labute approximate surface area is 244 Å². The molecule has 39 heavy (non-hydrogen) atoms. The molecule has 0 aromatic heterocycles. The Bertz CT molecular complexity index is 1390. The Kier molecular flexibility index (Phi) is 10.2. The third kappa shape index (κ3) is 8.43. The molecule has 0 aliphatic heterocycles. The van der Waals surface area contributed by atoms with Crippen LogP contribution in [0.25, 0.3) is 0 Å².